The lowest BCUT2D eigenvalue weighted by molar-refractivity contribution is -0.137. The number of aromatic nitrogens is 2. The topological polar surface area (TPSA) is 114 Å². The third-order valence-electron chi connectivity index (χ3n) is 5.60. The van der Waals surface area contributed by atoms with Crippen LogP contribution < -0.4 is 10.1 Å². The lowest BCUT2D eigenvalue weighted by Crippen LogP contribution is -2.32. The second-order valence-electron chi connectivity index (χ2n) is 9.43. The summed E-state index contributed by atoms with van der Waals surface area (Å²) in [6.45, 7) is 7.34. The van der Waals surface area contributed by atoms with Gasteiger partial charge in [0.2, 0.25) is 5.88 Å². The maximum absolute atomic E-state index is 13.9. The molecule has 0 spiro atoms. The number of amides is 1. The molecule has 0 aliphatic rings. The number of aliphatic carboxylic acids is 1. The fourth-order valence-electron chi connectivity index (χ4n) is 3.41. The number of hydrogen-bond acceptors (Lipinski definition) is 5. The van der Waals surface area contributed by atoms with Crippen LogP contribution in [-0.2, 0) is 4.79 Å². The number of aryl methyl sites for hydroxylation is 1. The Morgan fingerprint density at radius 3 is 2.49 bits per heavy atom. The zero-order valence-electron chi connectivity index (χ0n) is 20.2. The Balaban J connectivity index is 1.93. The van der Waals surface area contributed by atoms with Crippen molar-refractivity contribution in [3.8, 4) is 11.6 Å². The van der Waals surface area contributed by atoms with E-state index >= 15 is 0 Å². The van der Waals surface area contributed by atoms with E-state index in [4.69, 9.17) is 4.74 Å². The van der Waals surface area contributed by atoms with Crippen molar-refractivity contribution in [2.45, 2.75) is 46.3 Å². The Hall–Kier alpha value is -3.72. The van der Waals surface area contributed by atoms with Crippen molar-refractivity contribution in [3.05, 3.63) is 77.2 Å². The molecule has 0 fully saturated rings. The lowest BCUT2D eigenvalue weighted by atomic mass is 9.90. The number of carboxylic acids is 1. The number of benzene rings is 2. The molecule has 3 rings (SSSR count). The summed E-state index contributed by atoms with van der Waals surface area (Å²) < 4.78 is 20.9. The Labute approximate surface area is 203 Å². The van der Waals surface area contributed by atoms with Crippen molar-refractivity contribution in [2.24, 2.45) is 5.41 Å². The number of carbonyl (C=O) groups is 2. The minimum atomic E-state index is -1.07. The Bertz CT molecular complexity index is 1200. The molecule has 9 heteroatoms. The van der Waals surface area contributed by atoms with E-state index in [1.165, 1.54) is 28.9 Å². The zero-order chi connectivity index (χ0) is 25.8. The first-order valence-corrected chi connectivity index (χ1v) is 11.2. The van der Waals surface area contributed by atoms with Crippen LogP contribution in [0, 0.1) is 18.2 Å². The number of ether oxygens (including phenoxy) is 1. The molecule has 0 radical (unpaired) electrons. The van der Waals surface area contributed by atoms with Gasteiger partial charge in [-0.25, -0.2) is 9.07 Å². The highest BCUT2D eigenvalue weighted by Gasteiger charge is 2.26. The van der Waals surface area contributed by atoms with E-state index in [0.29, 0.717) is 11.3 Å². The Morgan fingerprint density at radius 2 is 1.86 bits per heavy atom. The summed E-state index contributed by atoms with van der Waals surface area (Å²) in [6.07, 6.45) is -1.13. The molecule has 1 heterocycles. The molecule has 8 nitrogen and oxygen atoms in total. The molecule has 35 heavy (non-hydrogen) atoms. The molecule has 2 atom stereocenters. The Kier molecular flexibility index (Phi) is 7.91. The second kappa shape index (κ2) is 10.7. The summed E-state index contributed by atoms with van der Waals surface area (Å²) in [6, 6.07) is 13.4. The summed E-state index contributed by atoms with van der Waals surface area (Å²) in [5, 5.41) is 26.8. The normalized spacial score (nSPS) is 13.2. The van der Waals surface area contributed by atoms with Gasteiger partial charge >= 0.3 is 5.97 Å². The average Bonchev–Trinajstić information content (AvgIpc) is 3.21. The first-order chi connectivity index (χ1) is 16.5. The number of halogens is 1. The summed E-state index contributed by atoms with van der Waals surface area (Å²) in [4.78, 5) is 24.6. The van der Waals surface area contributed by atoms with Gasteiger partial charge in [-0.05, 0) is 41.7 Å². The van der Waals surface area contributed by atoms with E-state index in [1.807, 2.05) is 39.8 Å². The van der Waals surface area contributed by atoms with E-state index in [-0.39, 0.29) is 24.6 Å². The van der Waals surface area contributed by atoms with Gasteiger partial charge in [0.05, 0.1) is 24.3 Å². The number of nitrogens with one attached hydrogen (secondary N) is 1. The van der Waals surface area contributed by atoms with Gasteiger partial charge in [-0.3, -0.25) is 9.59 Å². The highest BCUT2D eigenvalue weighted by molar-refractivity contribution is 5.93. The molecule has 0 aliphatic carbocycles. The van der Waals surface area contributed by atoms with Crippen LogP contribution in [0.4, 0.5) is 4.39 Å². The van der Waals surface area contributed by atoms with Crippen LogP contribution in [0.25, 0.3) is 5.69 Å². The quantitative estimate of drug-likeness (QED) is 0.423. The minimum Gasteiger partial charge on any atom is -0.481 e. The smallest absolute Gasteiger partial charge is 0.305 e. The maximum atomic E-state index is 13.9. The van der Waals surface area contributed by atoms with Gasteiger partial charge in [-0.15, -0.1) is 0 Å². The molecule has 1 amide bonds. The number of hydrogen-bond donors (Lipinski definition) is 3. The third kappa shape index (κ3) is 6.66. The Morgan fingerprint density at radius 1 is 1.14 bits per heavy atom. The van der Waals surface area contributed by atoms with Gasteiger partial charge in [0.15, 0.2) is 5.69 Å². The van der Waals surface area contributed by atoms with E-state index in [9.17, 15) is 24.2 Å². The summed E-state index contributed by atoms with van der Waals surface area (Å²) in [5.41, 5.74) is 1.35. The monoisotopic (exact) mass is 483 g/mol. The van der Waals surface area contributed by atoms with Crippen molar-refractivity contribution >= 4 is 11.9 Å². The molecule has 0 unspecified atom stereocenters. The molecule has 0 saturated heterocycles. The predicted molar refractivity (Wildman–Crippen MR) is 128 cm³/mol. The molecule has 3 aromatic rings. The maximum Gasteiger partial charge on any atom is 0.305 e. The largest absolute Gasteiger partial charge is 0.481 e. The summed E-state index contributed by atoms with van der Waals surface area (Å²) in [5.74, 6) is -2.04. The highest BCUT2D eigenvalue weighted by atomic mass is 19.1. The van der Waals surface area contributed by atoms with Gasteiger partial charge in [-0.2, -0.15) is 5.10 Å². The van der Waals surface area contributed by atoms with Crippen LogP contribution in [0.15, 0.2) is 54.6 Å². The van der Waals surface area contributed by atoms with Crippen LogP contribution in [0.3, 0.4) is 0 Å². The predicted octanol–water partition coefficient (Wildman–Crippen LogP) is 4.05. The van der Waals surface area contributed by atoms with Crippen LogP contribution in [0.1, 0.15) is 54.8 Å². The summed E-state index contributed by atoms with van der Waals surface area (Å²) in [7, 11) is 0. The molecule has 1 aromatic heterocycles. The fraction of sp³-hybridized carbons (Fsp3) is 0.346. The van der Waals surface area contributed by atoms with Gasteiger partial charge in [0.1, 0.15) is 12.4 Å². The number of nitrogens with zero attached hydrogens (tertiary/aromatic N) is 2. The van der Waals surface area contributed by atoms with Crippen molar-refractivity contribution in [1.29, 1.82) is 0 Å². The van der Waals surface area contributed by atoms with E-state index in [1.54, 1.807) is 18.2 Å². The molecule has 186 valence electrons. The van der Waals surface area contributed by atoms with Gasteiger partial charge in [0, 0.05) is 6.07 Å². The standard InChI is InChI=1S/C26H30FN3O5/c1-16-8-5-6-11-19(16)20(14-24(32)33)28-25(34)21-13-23(35-15-22(31)26(2,3)4)30(29-21)18-10-7-9-17(27)12-18/h5-13,20,22,31H,14-15H2,1-4H3,(H,28,34)(H,32,33)/t20-,22+/m0/s1. The van der Waals surface area contributed by atoms with Crippen LogP contribution in [-0.4, -0.2) is 44.6 Å². The molecular weight excluding hydrogens is 453 g/mol. The first kappa shape index (κ1) is 25.9. The number of aliphatic hydroxyl groups is 1. The van der Waals surface area contributed by atoms with Crippen molar-refractivity contribution in [2.75, 3.05) is 6.61 Å². The zero-order valence-corrected chi connectivity index (χ0v) is 20.2. The van der Waals surface area contributed by atoms with Gasteiger partial charge in [-0.1, -0.05) is 51.1 Å². The molecular formula is C26H30FN3O5. The fourth-order valence-corrected chi connectivity index (χ4v) is 3.41. The van der Waals surface area contributed by atoms with Crippen molar-refractivity contribution in [3.63, 3.8) is 0 Å². The number of carbonyl (C=O) groups excluding carboxylic acids is 1. The first-order valence-electron chi connectivity index (χ1n) is 11.2. The average molecular weight is 484 g/mol. The number of carboxylic acid groups (broad SMARTS) is 1. The molecule has 3 N–H and O–H groups in total. The van der Waals surface area contributed by atoms with Gasteiger partial charge in [0.25, 0.3) is 5.91 Å². The van der Waals surface area contributed by atoms with Crippen LogP contribution in [0.2, 0.25) is 0 Å². The van der Waals surface area contributed by atoms with E-state index < -0.39 is 35.3 Å². The molecule has 2 aromatic carbocycles. The van der Waals surface area contributed by atoms with Gasteiger partial charge < -0.3 is 20.3 Å². The third-order valence-corrected chi connectivity index (χ3v) is 5.60. The molecule has 0 saturated carbocycles. The minimum absolute atomic E-state index is 0.0431. The number of rotatable bonds is 9. The second-order valence-corrected chi connectivity index (χ2v) is 9.43. The van der Waals surface area contributed by atoms with Crippen LogP contribution >= 0.6 is 0 Å². The van der Waals surface area contributed by atoms with Crippen molar-refractivity contribution < 1.29 is 28.9 Å². The molecule has 0 aliphatic heterocycles. The summed E-state index contributed by atoms with van der Waals surface area (Å²) >= 11 is 0. The van der Waals surface area contributed by atoms with Crippen molar-refractivity contribution in [1.82, 2.24) is 15.1 Å². The molecule has 0 bridgehead atoms. The lowest BCUT2D eigenvalue weighted by Gasteiger charge is -2.25. The SMILES string of the molecule is Cc1ccccc1[C@H](CC(=O)O)NC(=O)c1cc(OC[C@@H](O)C(C)(C)C)n(-c2cccc(F)c2)n1. The van der Waals surface area contributed by atoms with E-state index in [0.717, 1.165) is 5.56 Å². The number of aliphatic hydroxyl groups excluding tert-OH is 1. The van der Waals surface area contributed by atoms with Crippen LogP contribution in [0.5, 0.6) is 5.88 Å². The van der Waals surface area contributed by atoms with E-state index in [2.05, 4.69) is 10.4 Å². The highest BCUT2D eigenvalue weighted by Crippen LogP contribution is 2.25.